The van der Waals surface area contributed by atoms with Crippen LogP contribution in [0.5, 0.6) is 0 Å². The Kier molecular flexibility index (Phi) is 15.3. The van der Waals surface area contributed by atoms with E-state index < -0.39 is 29.8 Å². The maximum atomic E-state index is 12.1. The number of nitrogens with one attached hydrogen (secondary N) is 1. The van der Waals surface area contributed by atoms with Crippen molar-refractivity contribution in [2.75, 3.05) is 6.61 Å². The molecule has 0 aromatic heterocycles. The molecule has 0 spiro atoms. The van der Waals surface area contributed by atoms with Gasteiger partial charge in [-0.2, -0.15) is 0 Å². The van der Waals surface area contributed by atoms with Crippen LogP contribution in [-0.2, 0) is 14.3 Å². The summed E-state index contributed by atoms with van der Waals surface area (Å²) in [6, 6.07) is -1.19. The number of amides is 1. The fraction of sp³-hybridized carbons (Fsp3) is 0.833. The second-order valence-corrected chi connectivity index (χ2v) is 9.24. The molecule has 0 aliphatic rings. The highest BCUT2D eigenvalue weighted by molar-refractivity contribution is 5.82. The van der Waals surface area contributed by atoms with Gasteiger partial charge in [0, 0.05) is 0 Å². The van der Waals surface area contributed by atoms with E-state index in [2.05, 4.69) is 19.2 Å². The fourth-order valence-corrected chi connectivity index (χ4v) is 3.00. The van der Waals surface area contributed by atoms with Crippen LogP contribution >= 0.6 is 0 Å². The van der Waals surface area contributed by atoms with Gasteiger partial charge in [-0.3, -0.25) is 0 Å². The highest BCUT2D eigenvalue weighted by Gasteiger charge is 2.30. The normalized spacial score (nSPS) is 14.0. The SMILES string of the molecule is CCOC(=O)[C@H](NC(=O)OC(C)(C)C)[C@H](O)/C=C/CCCCCCCCCC(C)C. The zero-order valence-corrected chi connectivity index (χ0v) is 20.0. The molecule has 0 aliphatic carbocycles. The van der Waals surface area contributed by atoms with Gasteiger partial charge in [-0.05, 0) is 46.5 Å². The van der Waals surface area contributed by atoms with Crippen LogP contribution in [0, 0.1) is 5.92 Å². The van der Waals surface area contributed by atoms with E-state index in [0.29, 0.717) is 0 Å². The first-order chi connectivity index (χ1) is 14.1. The van der Waals surface area contributed by atoms with E-state index in [-0.39, 0.29) is 6.61 Å². The van der Waals surface area contributed by atoms with Gasteiger partial charge in [0.05, 0.1) is 6.61 Å². The van der Waals surface area contributed by atoms with Crippen LogP contribution in [-0.4, -0.2) is 41.5 Å². The second kappa shape index (κ2) is 16.2. The first kappa shape index (κ1) is 28.4. The number of rotatable bonds is 15. The number of unbranched alkanes of at least 4 members (excludes halogenated alkanes) is 7. The molecule has 2 atom stereocenters. The molecular formula is C24H45NO5. The van der Waals surface area contributed by atoms with E-state index in [1.807, 2.05) is 6.08 Å². The molecular weight excluding hydrogens is 382 g/mol. The van der Waals surface area contributed by atoms with Crippen molar-refractivity contribution < 1.29 is 24.2 Å². The van der Waals surface area contributed by atoms with E-state index in [0.717, 1.165) is 25.2 Å². The molecule has 0 bridgehead atoms. The van der Waals surface area contributed by atoms with Crippen molar-refractivity contribution in [3.63, 3.8) is 0 Å². The number of aliphatic hydroxyl groups is 1. The van der Waals surface area contributed by atoms with Gasteiger partial charge in [0.2, 0.25) is 0 Å². The Morgan fingerprint density at radius 3 is 2.10 bits per heavy atom. The third-order valence-electron chi connectivity index (χ3n) is 4.54. The fourth-order valence-electron chi connectivity index (χ4n) is 3.00. The number of aliphatic hydroxyl groups excluding tert-OH is 1. The van der Waals surface area contributed by atoms with Gasteiger partial charge in [0.25, 0.3) is 0 Å². The zero-order valence-electron chi connectivity index (χ0n) is 20.0. The van der Waals surface area contributed by atoms with Crippen molar-refractivity contribution >= 4 is 12.1 Å². The van der Waals surface area contributed by atoms with Crippen molar-refractivity contribution in [1.82, 2.24) is 5.32 Å². The molecule has 6 heteroatoms. The number of ether oxygens (including phenoxy) is 2. The van der Waals surface area contributed by atoms with Crippen molar-refractivity contribution in [2.24, 2.45) is 5.92 Å². The van der Waals surface area contributed by atoms with E-state index in [1.165, 1.54) is 38.5 Å². The molecule has 1 amide bonds. The minimum Gasteiger partial charge on any atom is -0.464 e. The Morgan fingerprint density at radius 1 is 1.00 bits per heavy atom. The minimum absolute atomic E-state index is 0.166. The van der Waals surface area contributed by atoms with Gasteiger partial charge < -0.3 is 19.9 Å². The molecule has 0 saturated heterocycles. The Hall–Kier alpha value is -1.56. The predicted octanol–water partition coefficient (Wildman–Crippen LogP) is 5.53. The van der Waals surface area contributed by atoms with Gasteiger partial charge in [-0.25, -0.2) is 9.59 Å². The highest BCUT2D eigenvalue weighted by atomic mass is 16.6. The van der Waals surface area contributed by atoms with E-state index in [4.69, 9.17) is 9.47 Å². The Balaban J connectivity index is 4.24. The lowest BCUT2D eigenvalue weighted by molar-refractivity contribution is -0.147. The number of carbonyl (C=O) groups is 2. The van der Waals surface area contributed by atoms with Gasteiger partial charge in [-0.1, -0.05) is 70.9 Å². The first-order valence-electron chi connectivity index (χ1n) is 11.6. The maximum absolute atomic E-state index is 12.1. The monoisotopic (exact) mass is 427 g/mol. The number of allylic oxidation sites excluding steroid dienone is 1. The number of esters is 1. The molecule has 6 nitrogen and oxygen atoms in total. The molecule has 2 N–H and O–H groups in total. The molecule has 0 saturated carbocycles. The summed E-state index contributed by atoms with van der Waals surface area (Å²) in [5.41, 5.74) is -0.696. The summed E-state index contributed by atoms with van der Waals surface area (Å²) in [5, 5.41) is 12.8. The lowest BCUT2D eigenvalue weighted by atomic mass is 10.0. The minimum atomic E-state index is -1.19. The molecule has 0 rings (SSSR count). The van der Waals surface area contributed by atoms with E-state index in [9.17, 15) is 14.7 Å². The molecule has 0 heterocycles. The lowest BCUT2D eigenvalue weighted by Gasteiger charge is -2.24. The van der Waals surface area contributed by atoms with E-state index >= 15 is 0 Å². The summed E-state index contributed by atoms with van der Waals surface area (Å²) in [7, 11) is 0. The lowest BCUT2D eigenvalue weighted by Crippen LogP contribution is -2.50. The average Bonchev–Trinajstić information content (AvgIpc) is 2.62. The van der Waals surface area contributed by atoms with Gasteiger partial charge >= 0.3 is 12.1 Å². The number of hydrogen-bond acceptors (Lipinski definition) is 5. The van der Waals surface area contributed by atoms with Crippen LogP contribution in [0.25, 0.3) is 0 Å². The van der Waals surface area contributed by atoms with Crippen LogP contribution in [0.1, 0.15) is 99.3 Å². The molecule has 176 valence electrons. The summed E-state index contributed by atoms with van der Waals surface area (Å²) in [4.78, 5) is 24.1. The van der Waals surface area contributed by atoms with Gasteiger partial charge in [0.1, 0.15) is 11.7 Å². The topological polar surface area (TPSA) is 84.9 Å². The molecule has 0 aliphatic heterocycles. The number of hydrogen-bond donors (Lipinski definition) is 2. The summed E-state index contributed by atoms with van der Waals surface area (Å²) in [5.74, 6) is 0.118. The summed E-state index contributed by atoms with van der Waals surface area (Å²) >= 11 is 0. The Labute approximate surface area is 183 Å². The molecule has 0 unspecified atom stereocenters. The van der Waals surface area contributed by atoms with Crippen LogP contribution in [0.3, 0.4) is 0 Å². The smallest absolute Gasteiger partial charge is 0.408 e. The van der Waals surface area contributed by atoms with Crippen LogP contribution in [0.15, 0.2) is 12.2 Å². The van der Waals surface area contributed by atoms with Gasteiger partial charge in [-0.15, -0.1) is 0 Å². The molecule has 0 aromatic rings. The summed E-state index contributed by atoms with van der Waals surface area (Å²) in [6.07, 6.45) is 12.3. The van der Waals surface area contributed by atoms with Gasteiger partial charge in [0.15, 0.2) is 6.04 Å². The van der Waals surface area contributed by atoms with Crippen LogP contribution < -0.4 is 5.32 Å². The van der Waals surface area contributed by atoms with Crippen LogP contribution in [0.4, 0.5) is 4.79 Å². The van der Waals surface area contributed by atoms with Crippen molar-refractivity contribution in [1.29, 1.82) is 0 Å². The summed E-state index contributed by atoms with van der Waals surface area (Å²) < 4.78 is 10.1. The standard InChI is InChI=1S/C24H45NO5/c1-7-29-22(27)21(25-23(28)30-24(4,5)6)20(26)18-16-14-12-10-8-9-11-13-15-17-19(2)3/h16,18-21,26H,7-15,17H2,1-6H3,(H,25,28)/b18-16+/t20-,21-/m1/s1. The zero-order chi connectivity index (χ0) is 23.0. The maximum Gasteiger partial charge on any atom is 0.408 e. The number of carbonyl (C=O) groups excluding carboxylic acids is 2. The van der Waals surface area contributed by atoms with Crippen molar-refractivity contribution in [3.8, 4) is 0 Å². The largest absolute Gasteiger partial charge is 0.464 e. The third kappa shape index (κ3) is 16.3. The quantitative estimate of drug-likeness (QED) is 0.204. The molecule has 0 aromatic carbocycles. The highest BCUT2D eigenvalue weighted by Crippen LogP contribution is 2.13. The predicted molar refractivity (Wildman–Crippen MR) is 121 cm³/mol. The molecule has 30 heavy (non-hydrogen) atoms. The van der Waals surface area contributed by atoms with Crippen molar-refractivity contribution in [2.45, 2.75) is 117 Å². The number of alkyl carbamates (subject to hydrolysis) is 1. The van der Waals surface area contributed by atoms with E-state index in [1.54, 1.807) is 33.8 Å². The first-order valence-corrected chi connectivity index (χ1v) is 11.6. The Bertz CT molecular complexity index is 496. The molecule has 0 fully saturated rings. The average molecular weight is 428 g/mol. The van der Waals surface area contributed by atoms with Crippen molar-refractivity contribution in [3.05, 3.63) is 12.2 Å². The second-order valence-electron chi connectivity index (χ2n) is 9.24. The van der Waals surface area contributed by atoms with Crippen LogP contribution in [0.2, 0.25) is 0 Å². The summed E-state index contributed by atoms with van der Waals surface area (Å²) in [6.45, 7) is 11.6. The third-order valence-corrected chi connectivity index (χ3v) is 4.54. The molecule has 0 radical (unpaired) electrons. The Morgan fingerprint density at radius 2 is 1.57 bits per heavy atom.